The third kappa shape index (κ3) is 5.24. The summed E-state index contributed by atoms with van der Waals surface area (Å²) in [5, 5.41) is 5.49. The van der Waals surface area contributed by atoms with Gasteiger partial charge in [0.2, 0.25) is 0 Å². The van der Waals surface area contributed by atoms with Crippen molar-refractivity contribution in [1.82, 2.24) is 10.6 Å². The lowest BCUT2D eigenvalue weighted by Gasteiger charge is -2.28. The molecule has 1 saturated heterocycles. The maximum absolute atomic E-state index is 12.9. The Labute approximate surface area is 181 Å². The molecular formula is C24H26N2O5. The molecule has 0 spiro atoms. The Balaban J connectivity index is 1.50. The largest absolute Gasteiger partial charge is 0.489 e. The van der Waals surface area contributed by atoms with Gasteiger partial charge in [-0.1, -0.05) is 42.5 Å². The normalized spacial score (nSPS) is 20.7. The first-order chi connectivity index (χ1) is 15.1. The van der Waals surface area contributed by atoms with Crippen LogP contribution in [-0.4, -0.2) is 31.3 Å². The summed E-state index contributed by atoms with van der Waals surface area (Å²) in [6.07, 6.45) is 1.79. The predicted molar refractivity (Wildman–Crippen MR) is 114 cm³/mol. The molecule has 7 heteroatoms. The minimum atomic E-state index is -0.633. The number of nitrogens with one attached hydrogen (secondary N) is 2. The minimum absolute atomic E-state index is 0.0656. The number of amides is 2. The van der Waals surface area contributed by atoms with Crippen LogP contribution < -0.4 is 15.4 Å². The van der Waals surface area contributed by atoms with Crippen molar-refractivity contribution in [3.63, 3.8) is 0 Å². The van der Waals surface area contributed by atoms with E-state index in [4.69, 9.17) is 14.2 Å². The van der Waals surface area contributed by atoms with Crippen molar-refractivity contribution in [3.05, 3.63) is 77.0 Å². The fraction of sp³-hybridized carbons (Fsp3) is 0.333. The second kappa shape index (κ2) is 9.66. The molecule has 4 rings (SSSR count). The highest BCUT2D eigenvalue weighted by atomic mass is 16.6. The SMILES string of the molecule is CC1=C(C(=O)OC[C@@H]2CCCO2)[C@H](c2cccc(OCc3ccccc3)c2)NC(=O)N1. The van der Waals surface area contributed by atoms with Gasteiger partial charge in [0.1, 0.15) is 19.0 Å². The molecule has 2 heterocycles. The Bertz CT molecular complexity index is 967. The Morgan fingerprint density at radius 2 is 2.00 bits per heavy atom. The molecule has 7 nitrogen and oxygen atoms in total. The average Bonchev–Trinajstić information content (AvgIpc) is 3.30. The van der Waals surface area contributed by atoms with Crippen LogP contribution in [0.4, 0.5) is 4.79 Å². The monoisotopic (exact) mass is 422 g/mol. The van der Waals surface area contributed by atoms with Gasteiger partial charge in [-0.05, 0) is 43.0 Å². The van der Waals surface area contributed by atoms with Crippen molar-refractivity contribution in [1.29, 1.82) is 0 Å². The van der Waals surface area contributed by atoms with Crippen LogP contribution in [0.5, 0.6) is 5.75 Å². The van der Waals surface area contributed by atoms with E-state index in [0.717, 1.165) is 24.0 Å². The van der Waals surface area contributed by atoms with E-state index in [1.807, 2.05) is 54.6 Å². The van der Waals surface area contributed by atoms with Crippen LogP contribution >= 0.6 is 0 Å². The quantitative estimate of drug-likeness (QED) is 0.666. The highest BCUT2D eigenvalue weighted by Crippen LogP contribution is 2.30. The molecule has 2 aromatic rings. The predicted octanol–water partition coefficient (Wildman–Crippen LogP) is 3.62. The first kappa shape index (κ1) is 20.9. The van der Waals surface area contributed by atoms with Crippen molar-refractivity contribution in [2.24, 2.45) is 0 Å². The molecule has 162 valence electrons. The lowest BCUT2D eigenvalue weighted by Crippen LogP contribution is -2.45. The molecule has 0 saturated carbocycles. The fourth-order valence-electron chi connectivity index (χ4n) is 3.76. The van der Waals surface area contributed by atoms with E-state index in [-0.39, 0.29) is 18.7 Å². The van der Waals surface area contributed by atoms with Gasteiger partial charge >= 0.3 is 12.0 Å². The highest BCUT2D eigenvalue weighted by molar-refractivity contribution is 5.95. The number of esters is 1. The number of allylic oxidation sites excluding steroid dienone is 1. The highest BCUT2D eigenvalue weighted by Gasteiger charge is 2.33. The standard InChI is InChI=1S/C24H26N2O5/c1-16-21(23(27)31-15-20-11-6-12-29-20)22(26-24(28)25-16)18-9-5-10-19(13-18)30-14-17-7-3-2-4-8-17/h2-5,7-10,13,20,22H,6,11-12,14-15H2,1H3,(H2,25,26,28)/t20-,22-/m0/s1. The lowest BCUT2D eigenvalue weighted by molar-refractivity contribution is -0.142. The number of hydrogen-bond acceptors (Lipinski definition) is 5. The number of carbonyl (C=O) groups excluding carboxylic acids is 2. The van der Waals surface area contributed by atoms with Gasteiger partial charge in [-0.25, -0.2) is 9.59 Å². The van der Waals surface area contributed by atoms with Gasteiger partial charge in [-0.2, -0.15) is 0 Å². The van der Waals surface area contributed by atoms with Gasteiger partial charge in [-0.3, -0.25) is 0 Å². The molecule has 2 atom stereocenters. The zero-order valence-corrected chi connectivity index (χ0v) is 17.4. The Hall–Kier alpha value is -3.32. The molecule has 0 bridgehead atoms. The van der Waals surface area contributed by atoms with E-state index in [1.165, 1.54) is 0 Å². The molecule has 0 aliphatic carbocycles. The lowest BCUT2D eigenvalue weighted by atomic mass is 9.95. The summed E-state index contributed by atoms with van der Waals surface area (Å²) in [4.78, 5) is 25.0. The van der Waals surface area contributed by atoms with Crippen LogP contribution in [0.1, 0.15) is 36.9 Å². The molecule has 0 aromatic heterocycles. The van der Waals surface area contributed by atoms with Crippen LogP contribution in [0.2, 0.25) is 0 Å². The summed E-state index contributed by atoms with van der Waals surface area (Å²) in [5.74, 6) is 0.181. The number of hydrogen-bond donors (Lipinski definition) is 2. The number of urea groups is 1. The maximum Gasteiger partial charge on any atom is 0.338 e. The van der Waals surface area contributed by atoms with Gasteiger partial charge < -0.3 is 24.8 Å². The van der Waals surface area contributed by atoms with Crippen molar-refractivity contribution < 1.29 is 23.8 Å². The third-order valence-corrected chi connectivity index (χ3v) is 5.35. The summed E-state index contributed by atoms with van der Waals surface area (Å²) in [5.41, 5.74) is 2.64. The van der Waals surface area contributed by atoms with Gasteiger partial charge in [0.05, 0.1) is 17.7 Å². The maximum atomic E-state index is 12.9. The van der Waals surface area contributed by atoms with Crippen LogP contribution in [-0.2, 0) is 20.9 Å². The van der Waals surface area contributed by atoms with Gasteiger partial charge in [0, 0.05) is 12.3 Å². The summed E-state index contributed by atoms with van der Waals surface area (Å²) in [6.45, 7) is 3.02. The summed E-state index contributed by atoms with van der Waals surface area (Å²) >= 11 is 0. The number of carbonyl (C=O) groups is 2. The van der Waals surface area contributed by atoms with Crippen molar-refractivity contribution in [3.8, 4) is 5.75 Å². The number of ether oxygens (including phenoxy) is 3. The number of rotatable bonds is 7. The molecule has 2 aliphatic rings. The van der Waals surface area contributed by atoms with E-state index in [2.05, 4.69) is 10.6 Å². The Morgan fingerprint density at radius 1 is 1.16 bits per heavy atom. The summed E-state index contributed by atoms with van der Waals surface area (Å²) < 4.78 is 17.0. The molecule has 1 fully saturated rings. The van der Waals surface area contributed by atoms with E-state index in [0.29, 0.717) is 30.2 Å². The smallest absolute Gasteiger partial charge is 0.338 e. The molecule has 2 aromatic carbocycles. The third-order valence-electron chi connectivity index (χ3n) is 5.35. The zero-order valence-electron chi connectivity index (χ0n) is 17.4. The minimum Gasteiger partial charge on any atom is -0.489 e. The zero-order chi connectivity index (χ0) is 21.6. The average molecular weight is 422 g/mol. The van der Waals surface area contributed by atoms with Crippen LogP contribution in [0.25, 0.3) is 0 Å². The summed E-state index contributed by atoms with van der Waals surface area (Å²) in [6, 6.07) is 16.2. The molecule has 0 radical (unpaired) electrons. The molecule has 2 N–H and O–H groups in total. The first-order valence-electron chi connectivity index (χ1n) is 10.4. The van der Waals surface area contributed by atoms with E-state index in [1.54, 1.807) is 6.92 Å². The van der Waals surface area contributed by atoms with E-state index >= 15 is 0 Å². The molecule has 0 unspecified atom stereocenters. The molecule has 2 amide bonds. The van der Waals surface area contributed by atoms with E-state index < -0.39 is 12.0 Å². The van der Waals surface area contributed by atoms with Crippen molar-refractivity contribution in [2.45, 2.75) is 38.5 Å². The first-order valence-corrected chi connectivity index (χ1v) is 10.4. The molecule has 31 heavy (non-hydrogen) atoms. The van der Waals surface area contributed by atoms with Gasteiger partial charge in [-0.15, -0.1) is 0 Å². The molecule has 2 aliphatic heterocycles. The van der Waals surface area contributed by atoms with E-state index in [9.17, 15) is 9.59 Å². The Morgan fingerprint density at radius 3 is 2.77 bits per heavy atom. The second-order valence-corrected chi connectivity index (χ2v) is 7.65. The second-order valence-electron chi connectivity index (χ2n) is 7.65. The van der Waals surface area contributed by atoms with Crippen LogP contribution in [0.3, 0.4) is 0 Å². The van der Waals surface area contributed by atoms with Gasteiger partial charge in [0.25, 0.3) is 0 Å². The van der Waals surface area contributed by atoms with Crippen LogP contribution in [0, 0.1) is 0 Å². The Kier molecular flexibility index (Phi) is 6.52. The van der Waals surface area contributed by atoms with Gasteiger partial charge in [0.15, 0.2) is 0 Å². The topological polar surface area (TPSA) is 85.9 Å². The summed E-state index contributed by atoms with van der Waals surface area (Å²) in [7, 11) is 0. The fourth-order valence-corrected chi connectivity index (χ4v) is 3.76. The molecular weight excluding hydrogens is 396 g/mol. The van der Waals surface area contributed by atoms with Crippen LogP contribution in [0.15, 0.2) is 65.9 Å². The number of benzene rings is 2. The van der Waals surface area contributed by atoms with Crippen molar-refractivity contribution >= 4 is 12.0 Å². The van der Waals surface area contributed by atoms with Crippen molar-refractivity contribution in [2.75, 3.05) is 13.2 Å².